The second-order valence-corrected chi connectivity index (χ2v) is 6.19. The summed E-state index contributed by atoms with van der Waals surface area (Å²) in [7, 11) is 1.68. The molecule has 2 N–H and O–H groups in total. The number of ether oxygens (including phenoxy) is 3. The van der Waals surface area contributed by atoms with Gasteiger partial charge in [0.05, 0.1) is 20.3 Å². The Bertz CT molecular complexity index is 477. The standard InChI is InChI=1S/C17H25NO3/c1-19-16-11-13(17(18)8-3-2-4-9-17)5-6-15(16)21-14-7-10-20-12-14/h5-6,11,14H,2-4,7-10,12,18H2,1H3. The van der Waals surface area contributed by atoms with Gasteiger partial charge in [0, 0.05) is 12.0 Å². The minimum atomic E-state index is -0.208. The van der Waals surface area contributed by atoms with Gasteiger partial charge in [0.25, 0.3) is 0 Å². The number of rotatable bonds is 4. The van der Waals surface area contributed by atoms with Crippen LogP contribution in [0.4, 0.5) is 0 Å². The van der Waals surface area contributed by atoms with Crippen LogP contribution in [0.3, 0.4) is 0 Å². The topological polar surface area (TPSA) is 53.7 Å². The van der Waals surface area contributed by atoms with E-state index in [2.05, 4.69) is 12.1 Å². The van der Waals surface area contributed by atoms with Gasteiger partial charge in [-0.2, -0.15) is 0 Å². The van der Waals surface area contributed by atoms with E-state index in [1.165, 1.54) is 19.3 Å². The monoisotopic (exact) mass is 291 g/mol. The lowest BCUT2D eigenvalue weighted by molar-refractivity contribution is 0.138. The lowest BCUT2D eigenvalue weighted by Crippen LogP contribution is -2.38. The molecule has 0 spiro atoms. The summed E-state index contributed by atoms with van der Waals surface area (Å²) in [5, 5.41) is 0. The number of nitrogens with two attached hydrogens (primary N) is 1. The Hall–Kier alpha value is -1.26. The molecule has 4 nitrogen and oxygen atoms in total. The molecule has 3 rings (SSSR count). The van der Waals surface area contributed by atoms with Crippen molar-refractivity contribution in [2.24, 2.45) is 5.73 Å². The van der Waals surface area contributed by atoms with Gasteiger partial charge in [0.15, 0.2) is 11.5 Å². The van der Waals surface area contributed by atoms with Gasteiger partial charge in [-0.3, -0.25) is 0 Å². The van der Waals surface area contributed by atoms with Gasteiger partial charge < -0.3 is 19.9 Å². The molecular formula is C17H25NO3. The SMILES string of the molecule is COc1cc(C2(N)CCCCC2)ccc1OC1CCOC1. The van der Waals surface area contributed by atoms with E-state index in [1.807, 2.05) is 6.07 Å². The zero-order chi connectivity index (χ0) is 14.7. The van der Waals surface area contributed by atoms with Crippen LogP contribution in [0.2, 0.25) is 0 Å². The molecule has 1 atom stereocenters. The molecule has 21 heavy (non-hydrogen) atoms. The Morgan fingerprint density at radius 2 is 2.00 bits per heavy atom. The van der Waals surface area contributed by atoms with Crippen LogP contribution in [-0.4, -0.2) is 26.4 Å². The van der Waals surface area contributed by atoms with Crippen molar-refractivity contribution in [3.63, 3.8) is 0 Å². The number of methoxy groups -OCH3 is 1. The zero-order valence-electron chi connectivity index (χ0n) is 12.8. The van der Waals surface area contributed by atoms with Gasteiger partial charge in [-0.1, -0.05) is 25.3 Å². The highest BCUT2D eigenvalue weighted by Gasteiger charge is 2.30. The van der Waals surface area contributed by atoms with E-state index >= 15 is 0 Å². The normalized spacial score (nSPS) is 24.8. The first-order valence-electron chi connectivity index (χ1n) is 7.93. The van der Waals surface area contributed by atoms with Crippen molar-refractivity contribution >= 4 is 0 Å². The quantitative estimate of drug-likeness (QED) is 0.926. The Morgan fingerprint density at radius 3 is 2.67 bits per heavy atom. The molecule has 0 bridgehead atoms. The summed E-state index contributed by atoms with van der Waals surface area (Å²) in [4.78, 5) is 0. The molecule has 1 saturated heterocycles. The molecule has 0 amide bonds. The molecule has 1 aromatic rings. The lowest BCUT2D eigenvalue weighted by Gasteiger charge is -2.34. The number of benzene rings is 1. The molecule has 4 heteroatoms. The lowest BCUT2D eigenvalue weighted by atomic mass is 9.77. The number of hydrogen-bond donors (Lipinski definition) is 1. The average Bonchev–Trinajstić information content (AvgIpc) is 3.01. The fraction of sp³-hybridized carbons (Fsp3) is 0.647. The first-order chi connectivity index (χ1) is 10.2. The van der Waals surface area contributed by atoms with Gasteiger partial charge in [0.1, 0.15) is 6.10 Å². The van der Waals surface area contributed by atoms with Crippen molar-refractivity contribution < 1.29 is 14.2 Å². The van der Waals surface area contributed by atoms with Crippen molar-refractivity contribution in [2.45, 2.75) is 50.2 Å². The second-order valence-electron chi connectivity index (χ2n) is 6.19. The molecule has 1 unspecified atom stereocenters. The maximum atomic E-state index is 6.60. The second kappa shape index (κ2) is 6.24. The third-order valence-electron chi connectivity index (χ3n) is 4.67. The highest BCUT2D eigenvalue weighted by Crippen LogP contribution is 2.39. The van der Waals surface area contributed by atoms with Crippen LogP contribution in [-0.2, 0) is 10.3 Å². The van der Waals surface area contributed by atoms with Crippen molar-refractivity contribution in [3.8, 4) is 11.5 Å². The van der Waals surface area contributed by atoms with E-state index in [1.54, 1.807) is 7.11 Å². The van der Waals surface area contributed by atoms with Gasteiger partial charge >= 0.3 is 0 Å². The minimum Gasteiger partial charge on any atom is -0.493 e. The Balaban J connectivity index is 1.80. The van der Waals surface area contributed by atoms with E-state index in [4.69, 9.17) is 19.9 Å². The molecule has 1 heterocycles. The molecular weight excluding hydrogens is 266 g/mol. The van der Waals surface area contributed by atoms with Gasteiger partial charge in [-0.25, -0.2) is 0 Å². The third-order valence-corrected chi connectivity index (χ3v) is 4.67. The Labute approximate surface area is 126 Å². The summed E-state index contributed by atoms with van der Waals surface area (Å²) < 4.78 is 16.8. The van der Waals surface area contributed by atoms with E-state index in [0.717, 1.165) is 42.9 Å². The molecule has 1 saturated carbocycles. The summed E-state index contributed by atoms with van der Waals surface area (Å²) in [6, 6.07) is 6.14. The summed E-state index contributed by atoms with van der Waals surface area (Å²) >= 11 is 0. The maximum Gasteiger partial charge on any atom is 0.161 e. The fourth-order valence-corrected chi connectivity index (χ4v) is 3.33. The van der Waals surface area contributed by atoms with E-state index in [0.29, 0.717) is 6.61 Å². The fourth-order valence-electron chi connectivity index (χ4n) is 3.33. The van der Waals surface area contributed by atoms with Crippen LogP contribution in [0.5, 0.6) is 11.5 Å². The highest BCUT2D eigenvalue weighted by molar-refractivity contribution is 5.45. The van der Waals surface area contributed by atoms with E-state index < -0.39 is 0 Å². The first-order valence-corrected chi connectivity index (χ1v) is 7.93. The van der Waals surface area contributed by atoms with Gasteiger partial charge in [0.2, 0.25) is 0 Å². The van der Waals surface area contributed by atoms with Crippen LogP contribution in [0.1, 0.15) is 44.1 Å². The number of hydrogen-bond acceptors (Lipinski definition) is 4. The van der Waals surface area contributed by atoms with Crippen LogP contribution < -0.4 is 15.2 Å². The molecule has 0 radical (unpaired) electrons. The molecule has 2 aliphatic rings. The van der Waals surface area contributed by atoms with Crippen molar-refractivity contribution in [2.75, 3.05) is 20.3 Å². The molecule has 1 aliphatic heterocycles. The highest BCUT2D eigenvalue weighted by atomic mass is 16.6. The molecule has 0 aromatic heterocycles. The van der Waals surface area contributed by atoms with Crippen molar-refractivity contribution in [3.05, 3.63) is 23.8 Å². The third kappa shape index (κ3) is 3.16. The summed E-state index contributed by atoms with van der Waals surface area (Å²) in [6.07, 6.45) is 6.86. The average molecular weight is 291 g/mol. The first kappa shape index (κ1) is 14.7. The zero-order valence-corrected chi connectivity index (χ0v) is 12.8. The van der Waals surface area contributed by atoms with E-state index in [-0.39, 0.29) is 11.6 Å². The van der Waals surface area contributed by atoms with Gasteiger partial charge in [-0.05, 0) is 30.5 Å². The van der Waals surface area contributed by atoms with Crippen LogP contribution in [0, 0.1) is 0 Å². The predicted molar refractivity (Wildman–Crippen MR) is 81.8 cm³/mol. The largest absolute Gasteiger partial charge is 0.493 e. The van der Waals surface area contributed by atoms with E-state index in [9.17, 15) is 0 Å². The summed E-state index contributed by atoms with van der Waals surface area (Å²) in [5.41, 5.74) is 7.55. The van der Waals surface area contributed by atoms with Crippen molar-refractivity contribution in [1.82, 2.24) is 0 Å². The van der Waals surface area contributed by atoms with Crippen molar-refractivity contribution in [1.29, 1.82) is 0 Å². The molecule has 2 fully saturated rings. The maximum absolute atomic E-state index is 6.60. The summed E-state index contributed by atoms with van der Waals surface area (Å²) in [6.45, 7) is 1.43. The Kier molecular flexibility index (Phi) is 4.36. The molecule has 1 aliphatic carbocycles. The minimum absolute atomic E-state index is 0.131. The van der Waals surface area contributed by atoms with Crippen LogP contribution in [0.15, 0.2) is 18.2 Å². The molecule has 1 aromatic carbocycles. The Morgan fingerprint density at radius 1 is 1.19 bits per heavy atom. The van der Waals surface area contributed by atoms with Crippen LogP contribution in [0.25, 0.3) is 0 Å². The summed E-state index contributed by atoms with van der Waals surface area (Å²) in [5.74, 6) is 1.56. The van der Waals surface area contributed by atoms with Crippen LogP contribution >= 0.6 is 0 Å². The predicted octanol–water partition coefficient (Wildman–Crippen LogP) is 2.98. The van der Waals surface area contributed by atoms with Gasteiger partial charge in [-0.15, -0.1) is 0 Å². The molecule has 116 valence electrons. The smallest absolute Gasteiger partial charge is 0.161 e.